The first-order chi connectivity index (χ1) is 13.5. The highest BCUT2D eigenvalue weighted by Gasteiger charge is 2.20. The molecule has 1 aliphatic heterocycles. The summed E-state index contributed by atoms with van der Waals surface area (Å²) in [5.74, 6) is 0.768. The number of ether oxygens (including phenoxy) is 1. The Morgan fingerprint density at radius 1 is 1.14 bits per heavy atom. The number of carbonyl (C=O) groups is 1. The van der Waals surface area contributed by atoms with Gasteiger partial charge in [-0.25, -0.2) is 0 Å². The predicted octanol–water partition coefficient (Wildman–Crippen LogP) is 4.97. The van der Waals surface area contributed by atoms with Gasteiger partial charge in [-0.05, 0) is 57.0 Å². The van der Waals surface area contributed by atoms with E-state index in [2.05, 4.69) is 10.2 Å². The number of halogens is 2. The molecule has 0 radical (unpaired) electrons. The van der Waals surface area contributed by atoms with Crippen molar-refractivity contribution in [3.8, 4) is 5.75 Å². The molecule has 2 aromatic rings. The number of hydrogen-bond acceptors (Lipinski definition) is 3. The lowest BCUT2D eigenvalue weighted by atomic mass is 10.1. The number of rotatable bonds is 7. The maximum atomic E-state index is 12.2. The maximum absolute atomic E-state index is 12.2. The van der Waals surface area contributed by atoms with E-state index in [1.54, 1.807) is 12.1 Å². The summed E-state index contributed by atoms with van der Waals surface area (Å²) in [6.45, 7) is 5.65. The van der Waals surface area contributed by atoms with Crippen LogP contribution in [0, 0.1) is 6.92 Å². The van der Waals surface area contributed by atoms with E-state index in [-0.39, 0.29) is 12.0 Å². The summed E-state index contributed by atoms with van der Waals surface area (Å²) in [5.41, 5.74) is 1.82. The Morgan fingerprint density at radius 2 is 1.93 bits per heavy atom. The number of nitrogens with zero attached hydrogens (tertiary/aromatic N) is 1. The molecule has 6 heteroatoms. The fourth-order valence-electron chi connectivity index (χ4n) is 3.39. The molecule has 0 atom stereocenters. The number of hydrogen-bond donors (Lipinski definition) is 1. The quantitative estimate of drug-likeness (QED) is 0.643. The van der Waals surface area contributed by atoms with Gasteiger partial charge in [0, 0.05) is 31.3 Å². The van der Waals surface area contributed by atoms with E-state index < -0.39 is 0 Å². The van der Waals surface area contributed by atoms with Crippen molar-refractivity contribution >= 4 is 29.1 Å². The van der Waals surface area contributed by atoms with Crippen molar-refractivity contribution in [3.63, 3.8) is 0 Å². The molecule has 1 amide bonds. The second-order valence-corrected chi connectivity index (χ2v) is 8.03. The molecule has 0 aliphatic carbocycles. The summed E-state index contributed by atoms with van der Waals surface area (Å²) in [6.07, 6.45) is 3.11. The second-order valence-electron chi connectivity index (χ2n) is 7.21. The molecule has 1 aliphatic rings. The zero-order chi connectivity index (χ0) is 19.9. The smallest absolute Gasteiger partial charge is 0.251 e. The van der Waals surface area contributed by atoms with Gasteiger partial charge in [-0.1, -0.05) is 40.9 Å². The molecule has 3 rings (SSSR count). The van der Waals surface area contributed by atoms with Crippen LogP contribution < -0.4 is 10.1 Å². The van der Waals surface area contributed by atoms with Crippen molar-refractivity contribution < 1.29 is 9.53 Å². The molecular weight excluding hydrogens is 395 g/mol. The van der Waals surface area contributed by atoms with Crippen LogP contribution in [-0.4, -0.2) is 43.1 Å². The Balaban J connectivity index is 1.33. The van der Waals surface area contributed by atoms with Crippen LogP contribution in [0.15, 0.2) is 42.5 Å². The fourth-order valence-corrected chi connectivity index (χ4v) is 3.67. The van der Waals surface area contributed by atoms with E-state index in [1.807, 2.05) is 37.3 Å². The SMILES string of the molecule is Cc1cccc(C(=O)NCCCN2CCC(Oc3ccc(Cl)c(Cl)c3)CC2)c1. The van der Waals surface area contributed by atoms with Gasteiger partial charge in [-0.15, -0.1) is 0 Å². The average molecular weight is 421 g/mol. The van der Waals surface area contributed by atoms with Crippen LogP contribution >= 0.6 is 23.2 Å². The third-order valence-corrected chi connectivity index (χ3v) is 5.68. The molecule has 1 N–H and O–H groups in total. The van der Waals surface area contributed by atoms with Crippen LogP contribution in [0.3, 0.4) is 0 Å². The molecule has 1 fully saturated rings. The number of benzene rings is 2. The number of carbonyl (C=O) groups excluding carboxylic acids is 1. The van der Waals surface area contributed by atoms with Crippen LogP contribution in [0.5, 0.6) is 5.75 Å². The van der Waals surface area contributed by atoms with Crippen LogP contribution in [-0.2, 0) is 0 Å². The third kappa shape index (κ3) is 6.13. The monoisotopic (exact) mass is 420 g/mol. The summed E-state index contributed by atoms with van der Waals surface area (Å²) in [5, 5.41) is 4.06. The molecule has 1 saturated heterocycles. The number of nitrogens with one attached hydrogen (secondary N) is 1. The van der Waals surface area contributed by atoms with Gasteiger partial charge in [0.05, 0.1) is 10.0 Å². The Kier molecular flexibility index (Phi) is 7.60. The van der Waals surface area contributed by atoms with E-state index >= 15 is 0 Å². The number of likely N-dealkylation sites (tertiary alicyclic amines) is 1. The summed E-state index contributed by atoms with van der Waals surface area (Å²) in [7, 11) is 0. The van der Waals surface area contributed by atoms with Crippen LogP contribution in [0.4, 0.5) is 0 Å². The zero-order valence-electron chi connectivity index (χ0n) is 16.1. The molecule has 4 nitrogen and oxygen atoms in total. The van der Waals surface area contributed by atoms with Crippen molar-refractivity contribution in [1.29, 1.82) is 0 Å². The Bertz CT molecular complexity index is 805. The van der Waals surface area contributed by atoms with E-state index in [0.29, 0.717) is 16.6 Å². The summed E-state index contributed by atoms with van der Waals surface area (Å²) >= 11 is 12.0. The normalized spacial score (nSPS) is 15.4. The minimum absolute atomic E-state index is 0.00238. The lowest BCUT2D eigenvalue weighted by Crippen LogP contribution is -2.39. The van der Waals surface area contributed by atoms with E-state index in [9.17, 15) is 4.79 Å². The maximum Gasteiger partial charge on any atom is 0.251 e. The van der Waals surface area contributed by atoms with Crippen molar-refractivity contribution in [2.45, 2.75) is 32.3 Å². The Morgan fingerprint density at radius 3 is 2.64 bits per heavy atom. The topological polar surface area (TPSA) is 41.6 Å². The highest BCUT2D eigenvalue weighted by atomic mass is 35.5. The van der Waals surface area contributed by atoms with E-state index in [4.69, 9.17) is 27.9 Å². The zero-order valence-corrected chi connectivity index (χ0v) is 17.6. The van der Waals surface area contributed by atoms with Gasteiger partial charge >= 0.3 is 0 Å². The van der Waals surface area contributed by atoms with Gasteiger partial charge in [-0.3, -0.25) is 4.79 Å². The fraction of sp³-hybridized carbons (Fsp3) is 0.409. The van der Waals surface area contributed by atoms with Crippen molar-refractivity contribution in [1.82, 2.24) is 10.2 Å². The van der Waals surface area contributed by atoms with Gasteiger partial charge in [0.25, 0.3) is 5.91 Å². The number of amides is 1. The molecular formula is C22H26Cl2N2O2. The molecule has 28 heavy (non-hydrogen) atoms. The summed E-state index contributed by atoms with van der Waals surface area (Å²) in [4.78, 5) is 14.6. The van der Waals surface area contributed by atoms with Crippen LogP contribution in [0.1, 0.15) is 35.2 Å². The predicted molar refractivity (Wildman–Crippen MR) is 115 cm³/mol. The lowest BCUT2D eigenvalue weighted by Gasteiger charge is -2.32. The van der Waals surface area contributed by atoms with Gasteiger partial charge in [0.15, 0.2) is 0 Å². The van der Waals surface area contributed by atoms with Crippen LogP contribution in [0.2, 0.25) is 10.0 Å². The van der Waals surface area contributed by atoms with Crippen molar-refractivity contribution in [2.24, 2.45) is 0 Å². The summed E-state index contributed by atoms with van der Waals surface area (Å²) < 4.78 is 6.03. The molecule has 1 heterocycles. The first-order valence-electron chi connectivity index (χ1n) is 9.70. The first kappa shape index (κ1) is 21.0. The number of piperidine rings is 1. The largest absolute Gasteiger partial charge is 0.490 e. The highest BCUT2D eigenvalue weighted by Crippen LogP contribution is 2.28. The second kappa shape index (κ2) is 10.1. The van der Waals surface area contributed by atoms with Gasteiger partial charge in [0.2, 0.25) is 0 Å². The van der Waals surface area contributed by atoms with Crippen molar-refractivity contribution in [2.75, 3.05) is 26.2 Å². The molecule has 150 valence electrons. The van der Waals surface area contributed by atoms with Crippen LogP contribution in [0.25, 0.3) is 0 Å². The first-order valence-corrected chi connectivity index (χ1v) is 10.5. The molecule has 0 aromatic heterocycles. The summed E-state index contributed by atoms with van der Waals surface area (Å²) in [6, 6.07) is 13.1. The Hall–Kier alpha value is -1.75. The van der Waals surface area contributed by atoms with Crippen molar-refractivity contribution in [3.05, 3.63) is 63.6 Å². The molecule has 0 unspecified atom stereocenters. The highest BCUT2D eigenvalue weighted by molar-refractivity contribution is 6.42. The van der Waals surface area contributed by atoms with Gasteiger partial charge < -0.3 is 15.0 Å². The lowest BCUT2D eigenvalue weighted by molar-refractivity contribution is 0.0935. The molecule has 0 spiro atoms. The number of aryl methyl sites for hydroxylation is 1. The third-order valence-electron chi connectivity index (χ3n) is 4.95. The molecule has 2 aromatic carbocycles. The van der Waals surface area contributed by atoms with E-state index in [1.165, 1.54) is 0 Å². The molecule has 0 bridgehead atoms. The minimum atomic E-state index is -0.00238. The molecule has 0 saturated carbocycles. The standard InChI is InChI=1S/C22H26Cl2N2O2/c1-16-4-2-5-17(14-16)22(27)25-10-3-11-26-12-8-18(9-13-26)28-19-6-7-20(23)21(24)15-19/h2,4-7,14-15,18H,3,8-13H2,1H3,(H,25,27). The van der Waals surface area contributed by atoms with Gasteiger partial charge in [-0.2, -0.15) is 0 Å². The Labute approximate surface area is 176 Å². The van der Waals surface area contributed by atoms with E-state index in [0.717, 1.165) is 55.8 Å². The minimum Gasteiger partial charge on any atom is -0.490 e. The van der Waals surface area contributed by atoms with Gasteiger partial charge in [0.1, 0.15) is 11.9 Å². The average Bonchev–Trinajstić information content (AvgIpc) is 2.69.